The Morgan fingerprint density at radius 3 is 2.70 bits per heavy atom. The summed E-state index contributed by atoms with van der Waals surface area (Å²) in [5.41, 5.74) is 3.08. The highest BCUT2D eigenvalue weighted by atomic mass is 127. The lowest BCUT2D eigenvalue weighted by Crippen LogP contribution is -2.36. The lowest BCUT2D eigenvalue weighted by Gasteiger charge is -2.17. The highest BCUT2D eigenvalue weighted by Gasteiger charge is 2.17. The van der Waals surface area contributed by atoms with E-state index in [1.807, 2.05) is 19.1 Å². The van der Waals surface area contributed by atoms with Gasteiger partial charge < -0.3 is 24.8 Å². The molecule has 2 aromatic rings. The minimum Gasteiger partial charge on any atom is -0.493 e. The first-order valence-electron chi connectivity index (χ1n) is 10.8. The van der Waals surface area contributed by atoms with Crippen LogP contribution in [-0.4, -0.2) is 45.9 Å². The molecule has 3 rings (SSSR count). The summed E-state index contributed by atoms with van der Waals surface area (Å²) in [6.07, 6.45) is -1.47. The van der Waals surface area contributed by atoms with Crippen LogP contribution in [0, 0.1) is 12.8 Å². The maximum atomic E-state index is 12.3. The first-order valence-corrected chi connectivity index (χ1v) is 10.8. The zero-order chi connectivity index (χ0) is 22.8. The van der Waals surface area contributed by atoms with E-state index in [9.17, 15) is 8.78 Å². The van der Waals surface area contributed by atoms with E-state index in [1.54, 1.807) is 25.2 Å². The predicted molar refractivity (Wildman–Crippen MR) is 136 cm³/mol. The first-order chi connectivity index (χ1) is 15.5. The van der Waals surface area contributed by atoms with Crippen molar-refractivity contribution in [3.63, 3.8) is 0 Å². The molecule has 0 saturated carbocycles. The molecule has 0 aliphatic carbocycles. The molecule has 9 heteroatoms. The molecule has 1 heterocycles. The molecule has 0 aromatic heterocycles. The van der Waals surface area contributed by atoms with Gasteiger partial charge in [0.05, 0.1) is 13.2 Å². The molecule has 1 unspecified atom stereocenters. The molecule has 182 valence electrons. The zero-order valence-electron chi connectivity index (χ0n) is 19.0. The molecule has 0 radical (unpaired) electrons. The third kappa shape index (κ3) is 9.32. The van der Waals surface area contributed by atoms with Crippen molar-refractivity contribution >= 4 is 29.9 Å². The number of hydrogen-bond donors (Lipinski definition) is 2. The third-order valence-electron chi connectivity index (χ3n) is 5.13. The second kappa shape index (κ2) is 14.2. The van der Waals surface area contributed by atoms with E-state index in [1.165, 1.54) is 0 Å². The number of halogens is 3. The Morgan fingerprint density at radius 1 is 1.15 bits per heavy atom. The Balaban J connectivity index is 0.00000385. The Morgan fingerprint density at radius 2 is 1.97 bits per heavy atom. The number of aliphatic imine (C=N–C) groups is 1. The molecule has 0 spiro atoms. The number of benzene rings is 2. The van der Waals surface area contributed by atoms with Crippen LogP contribution >= 0.6 is 24.0 Å². The average molecular weight is 575 g/mol. The van der Waals surface area contributed by atoms with E-state index < -0.39 is 13.0 Å². The maximum absolute atomic E-state index is 12.3. The number of hydrogen-bond acceptors (Lipinski definition) is 4. The molecule has 1 saturated heterocycles. The lowest BCUT2D eigenvalue weighted by atomic mass is 10.1. The molecular weight excluding hydrogens is 543 g/mol. The largest absolute Gasteiger partial charge is 0.493 e. The van der Waals surface area contributed by atoms with E-state index in [0.717, 1.165) is 42.1 Å². The summed E-state index contributed by atoms with van der Waals surface area (Å²) in [4.78, 5) is 4.26. The van der Waals surface area contributed by atoms with Gasteiger partial charge in [0.1, 0.15) is 18.1 Å². The molecule has 2 aromatic carbocycles. The van der Waals surface area contributed by atoms with Gasteiger partial charge in [-0.2, -0.15) is 0 Å². The third-order valence-corrected chi connectivity index (χ3v) is 5.13. The van der Waals surface area contributed by atoms with Crippen LogP contribution < -0.4 is 20.1 Å². The molecular formula is C24H32F2IN3O3. The number of nitrogens with zero attached hydrogens (tertiary/aromatic N) is 1. The second-order valence-electron chi connectivity index (χ2n) is 7.78. The SMILES string of the molecule is CN=C(NCc1cccc(OCC(F)F)c1)NCc1ccc(C)cc1OCC1CCOC1.I. The van der Waals surface area contributed by atoms with Gasteiger partial charge in [-0.3, -0.25) is 4.99 Å². The van der Waals surface area contributed by atoms with Gasteiger partial charge in [0.2, 0.25) is 0 Å². The quantitative estimate of drug-likeness (QED) is 0.248. The topological polar surface area (TPSA) is 64.1 Å². The molecule has 33 heavy (non-hydrogen) atoms. The van der Waals surface area contributed by atoms with Crippen LogP contribution in [0.4, 0.5) is 8.78 Å². The second-order valence-corrected chi connectivity index (χ2v) is 7.78. The van der Waals surface area contributed by atoms with Gasteiger partial charge in [0.15, 0.2) is 5.96 Å². The van der Waals surface area contributed by atoms with Gasteiger partial charge in [-0.05, 0) is 42.7 Å². The highest BCUT2D eigenvalue weighted by Crippen LogP contribution is 2.22. The Kier molecular flexibility index (Phi) is 11.7. The fraction of sp³-hybridized carbons (Fsp3) is 0.458. The fourth-order valence-corrected chi connectivity index (χ4v) is 3.35. The number of guanidine groups is 1. The monoisotopic (exact) mass is 575 g/mol. The van der Waals surface area contributed by atoms with Gasteiger partial charge in [-0.25, -0.2) is 8.78 Å². The minimum atomic E-state index is -2.50. The van der Waals surface area contributed by atoms with E-state index >= 15 is 0 Å². The van der Waals surface area contributed by atoms with Gasteiger partial charge in [0, 0.05) is 38.2 Å². The van der Waals surface area contributed by atoms with Gasteiger partial charge in [-0.15, -0.1) is 24.0 Å². The van der Waals surface area contributed by atoms with E-state index in [-0.39, 0.29) is 24.0 Å². The van der Waals surface area contributed by atoms with Crippen molar-refractivity contribution in [2.75, 3.05) is 33.5 Å². The zero-order valence-corrected chi connectivity index (χ0v) is 21.3. The standard InChI is InChI=1S/C24H31F2N3O3.HI/c1-17-6-7-20(22(10-17)32-15-19-8-9-30-14-19)13-29-24(27-2)28-12-18-4-3-5-21(11-18)31-16-23(25)26;/h3-7,10-11,19,23H,8-9,12-16H2,1-2H3,(H2,27,28,29);1H. The number of alkyl halides is 2. The van der Waals surface area contributed by atoms with E-state index in [4.69, 9.17) is 14.2 Å². The molecule has 1 aliphatic rings. The highest BCUT2D eigenvalue weighted by molar-refractivity contribution is 14.0. The molecule has 0 amide bonds. The summed E-state index contributed by atoms with van der Waals surface area (Å²) in [5.74, 6) is 2.34. The summed E-state index contributed by atoms with van der Waals surface area (Å²) in [5, 5.41) is 6.54. The Hall–Kier alpha value is -2.14. The van der Waals surface area contributed by atoms with Crippen molar-refractivity contribution < 1.29 is 23.0 Å². The van der Waals surface area contributed by atoms with Gasteiger partial charge in [0.25, 0.3) is 6.43 Å². The van der Waals surface area contributed by atoms with E-state index in [2.05, 4.69) is 27.8 Å². The van der Waals surface area contributed by atoms with Gasteiger partial charge in [-0.1, -0.05) is 24.3 Å². The molecule has 2 N–H and O–H groups in total. The van der Waals surface area contributed by atoms with Crippen molar-refractivity contribution in [2.24, 2.45) is 10.9 Å². The lowest BCUT2D eigenvalue weighted by molar-refractivity contribution is 0.0818. The van der Waals surface area contributed by atoms with E-state index in [0.29, 0.717) is 37.3 Å². The van der Waals surface area contributed by atoms with Gasteiger partial charge >= 0.3 is 0 Å². The molecule has 1 fully saturated rings. The fourth-order valence-electron chi connectivity index (χ4n) is 3.35. The normalized spacial score (nSPS) is 15.8. The smallest absolute Gasteiger partial charge is 0.272 e. The molecule has 1 atom stereocenters. The summed E-state index contributed by atoms with van der Waals surface area (Å²) in [7, 11) is 1.70. The minimum absolute atomic E-state index is 0. The van der Waals surface area contributed by atoms with Crippen molar-refractivity contribution in [3.05, 3.63) is 59.2 Å². The van der Waals surface area contributed by atoms with Crippen molar-refractivity contribution in [1.29, 1.82) is 0 Å². The predicted octanol–water partition coefficient (Wildman–Crippen LogP) is 4.54. The van der Waals surface area contributed by atoms with Crippen LogP contribution in [0.2, 0.25) is 0 Å². The maximum Gasteiger partial charge on any atom is 0.272 e. The summed E-state index contributed by atoms with van der Waals surface area (Å²) < 4.78 is 41.3. The number of ether oxygens (including phenoxy) is 3. The van der Waals surface area contributed by atoms with Crippen molar-refractivity contribution in [2.45, 2.75) is 32.9 Å². The molecule has 6 nitrogen and oxygen atoms in total. The van der Waals surface area contributed by atoms with Crippen molar-refractivity contribution in [1.82, 2.24) is 10.6 Å². The van der Waals surface area contributed by atoms with Crippen LogP contribution in [0.1, 0.15) is 23.1 Å². The van der Waals surface area contributed by atoms with Crippen LogP contribution in [0.15, 0.2) is 47.5 Å². The number of nitrogens with one attached hydrogen (secondary N) is 2. The van der Waals surface area contributed by atoms with Crippen LogP contribution in [0.3, 0.4) is 0 Å². The van der Waals surface area contributed by atoms with Crippen LogP contribution in [0.5, 0.6) is 11.5 Å². The summed E-state index contributed by atoms with van der Waals surface area (Å²) >= 11 is 0. The first kappa shape index (κ1) is 27.1. The Labute approximate surface area is 211 Å². The Bertz CT molecular complexity index is 893. The van der Waals surface area contributed by atoms with Crippen molar-refractivity contribution in [3.8, 4) is 11.5 Å². The summed E-state index contributed by atoms with van der Waals surface area (Å²) in [6.45, 7) is 4.66. The number of rotatable bonds is 10. The molecule has 1 aliphatic heterocycles. The van der Waals surface area contributed by atoms with Crippen LogP contribution in [-0.2, 0) is 17.8 Å². The average Bonchev–Trinajstić information content (AvgIpc) is 3.31. The number of aryl methyl sites for hydroxylation is 1. The molecule has 0 bridgehead atoms. The summed E-state index contributed by atoms with van der Waals surface area (Å²) in [6, 6.07) is 13.2. The van der Waals surface area contributed by atoms with Crippen LogP contribution in [0.25, 0.3) is 0 Å².